The Morgan fingerprint density at radius 1 is 1.10 bits per heavy atom. The Balaban J connectivity index is 2.15. The lowest BCUT2D eigenvalue weighted by Gasteiger charge is -2.35. The lowest BCUT2D eigenvalue weighted by molar-refractivity contribution is -0.160. The molecular weight excluding hydrogens is 258 g/mol. The first kappa shape index (κ1) is 15.2. The summed E-state index contributed by atoms with van der Waals surface area (Å²) < 4.78 is 5.44. The van der Waals surface area contributed by atoms with E-state index < -0.39 is 23.3 Å². The van der Waals surface area contributed by atoms with Gasteiger partial charge in [0.1, 0.15) is 5.60 Å². The molecule has 112 valence electrons. The van der Waals surface area contributed by atoms with E-state index in [1.807, 2.05) is 0 Å². The second-order valence-corrected chi connectivity index (χ2v) is 5.86. The van der Waals surface area contributed by atoms with Crippen molar-refractivity contribution in [3.63, 3.8) is 0 Å². The number of ether oxygens (including phenoxy) is 1. The van der Waals surface area contributed by atoms with Crippen LogP contribution < -0.4 is 0 Å². The number of carbonyl (C=O) groups excluding carboxylic acids is 3. The third-order valence-electron chi connectivity index (χ3n) is 4.64. The minimum absolute atomic E-state index is 0.0428. The maximum Gasteiger partial charge on any atom is 0.293 e. The number of hydrogen-bond acceptors (Lipinski definition) is 4. The van der Waals surface area contributed by atoms with Gasteiger partial charge in [0.25, 0.3) is 11.7 Å². The van der Waals surface area contributed by atoms with Crippen molar-refractivity contribution < 1.29 is 19.1 Å². The van der Waals surface area contributed by atoms with Crippen molar-refractivity contribution in [3.05, 3.63) is 0 Å². The largest absolute Gasteiger partial charge is 0.370 e. The summed E-state index contributed by atoms with van der Waals surface area (Å²) in [5.41, 5.74) is -0.959. The van der Waals surface area contributed by atoms with Crippen LogP contribution in [0.2, 0.25) is 0 Å². The summed E-state index contributed by atoms with van der Waals surface area (Å²) in [6, 6.07) is -0.427. The van der Waals surface area contributed by atoms with Crippen molar-refractivity contribution in [2.45, 2.75) is 63.5 Å². The van der Waals surface area contributed by atoms with Gasteiger partial charge in [-0.15, -0.1) is 0 Å². The highest BCUT2D eigenvalue weighted by atomic mass is 16.5. The van der Waals surface area contributed by atoms with Gasteiger partial charge in [-0.25, -0.2) is 0 Å². The van der Waals surface area contributed by atoms with E-state index in [4.69, 9.17) is 4.74 Å². The molecule has 5 heteroatoms. The molecule has 0 radical (unpaired) electrons. The Morgan fingerprint density at radius 2 is 1.75 bits per heavy atom. The zero-order chi connectivity index (χ0) is 14.8. The van der Waals surface area contributed by atoms with E-state index in [0.29, 0.717) is 25.8 Å². The summed E-state index contributed by atoms with van der Waals surface area (Å²) in [6.07, 6.45) is 5.54. The minimum Gasteiger partial charge on any atom is -0.370 e. The summed E-state index contributed by atoms with van der Waals surface area (Å²) in [4.78, 5) is 38.1. The highest BCUT2D eigenvalue weighted by Crippen LogP contribution is 2.33. The highest BCUT2D eigenvalue weighted by Gasteiger charge is 2.46. The van der Waals surface area contributed by atoms with E-state index >= 15 is 0 Å². The number of nitrogens with zero attached hydrogens (tertiary/aromatic N) is 1. The van der Waals surface area contributed by atoms with E-state index in [2.05, 4.69) is 0 Å². The molecule has 2 rings (SSSR count). The van der Waals surface area contributed by atoms with E-state index in [9.17, 15) is 14.4 Å². The molecule has 1 aliphatic heterocycles. The number of amides is 1. The minimum atomic E-state index is -0.959. The summed E-state index contributed by atoms with van der Waals surface area (Å²) in [5, 5.41) is 0. The highest BCUT2D eigenvalue weighted by molar-refractivity contribution is 6.39. The van der Waals surface area contributed by atoms with Crippen molar-refractivity contribution in [1.29, 1.82) is 0 Å². The molecule has 0 spiro atoms. The Hall–Kier alpha value is -1.23. The third-order valence-corrected chi connectivity index (χ3v) is 4.64. The van der Waals surface area contributed by atoms with Crippen LogP contribution in [0.3, 0.4) is 0 Å². The van der Waals surface area contributed by atoms with Gasteiger partial charge >= 0.3 is 0 Å². The number of likely N-dealkylation sites (tertiary alicyclic amines) is 1. The normalized spacial score (nSPS) is 25.5. The van der Waals surface area contributed by atoms with Gasteiger partial charge in [0.05, 0.1) is 6.04 Å². The van der Waals surface area contributed by atoms with Crippen molar-refractivity contribution in [2.24, 2.45) is 0 Å². The van der Waals surface area contributed by atoms with E-state index in [1.165, 1.54) is 18.9 Å². The number of carbonyl (C=O) groups is 3. The Bertz CT molecular complexity index is 412. The van der Waals surface area contributed by atoms with Gasteiger partial charge in [-0.3, -0.25) is 14.4 Å². The van der Waals surface area contributed by atoms with Gasteiger partial charge in [0.15, 0.2) is 5.78 Å². The van der Waals surface area contributed by atoms with Gasteiger partial charge in [-0.1, -0.05) is 19.3 Å². The molecule has 2 fully saturated rings. The van der Waals surface area contributed by atoms with Crippen LogP contribution in [0.1, 0.15) is 51.9 Å². The molecule has 20 heavy (non-hydrogen) atoms. The van der Waals surface area contributed by atoms with Gasteiger partial charge in [0, 0.05) is 13.7 Å². The van der Waals surface area contributed by atoms with Crippen LogP contribution in [0.25, 0.3) is 0 Å². The average molecular weight is 281 g/mol. The molecular formula is C15H23NO4. The quantitative estimate of drug-likeness (QED) is 0.732. The summed E-state index contributed by atoms with van der Waals surface area (Å²) in [6.45, 7) is 1.97. The second-order valence-electron chi connectivity index (χ2n) is 5.86. The van der Waals surface area contributed by atoms with Crippen molar-refractivity contribution >= 4 is 17.5 Å². The summed E-state index contributed by atoms with van der Waals surface area (Å²) >= 11 is 0. The van der Waals surface area contributed by atoms with Crippen LogP contribution in [-0.2, 0) is 19.1 Å². The Labute approximate surface area is 119 Å². The summed E-state index contributed by atoms with van der Waals surface area (Å²) in [5.74, 6) is -1.04. The molecule has 0 aromatic rings. The van der Waals surface area contributed by atoms with Crippen LogP contribution in [-0.4, -0.2) is 47.7 Å². The van der Waals surface area contributed by atoms with Crippen molar-refractivity contribution in [3.8, 4) is 0 Å². The topological polar surface area (TPSA) is 63.7 Å². The fourth-order valence-electron chi connectivity index (χ4n) is 3.40. The van der Waals surface area contributed by atoms with Gasteiger partial charge in [0.2, 0.25) is 0 Å². The number of Topliss-reactive ketones (excluding diaryl/α,β-unsaturated/α-hetero) is 2. The van der Waals surface area contributed by atoms with E-state index in [-0.39, 0.29) is 5.78 Å². The van der Waals surface area contributed by atoms with Crippen molar-refractivity contribution in [1.82, 2.24) is 4.90 Å². The number of ketones is 2. The van der Waals surface area contributed by atoms with Gasteiger partial charge in [-0.2, -0.15) is 0 Å². The van der Waals surface area contributed by atoms with Crippen LogP contribution in [0, 0.1) is 0 Å². The fourth-order valence-corrected chi connectivity index (χ4v) is 3.40. The first-order valence-electron chi connectivity index (χ1n) is 7.43. The zero-order valence-corrected chi connectivity index (χ0v) is 12.3. The SMILES string of the molecule is COC1(C(=O)C(=O)N2CCC[C@@H]2C(C)=O)CCCCC1. The Kier molecular flexibility index (Phi) is 4.58. The standard InChI is InChI=1S/C15H23NO4/c1-11(17)12-7-6-10-16(12)14(19)13(18)15(20-2)8-4-3-5-9-15/h12H,3-10H2,1-2H3/t12-/m1/s1. The molecule has 0 N–H and O–H groups in total. The fraction of sp³-hybridized carbons (Fsp3) is 0.800. The molecule has 0 bridgehead atoms. The smallest absolute Gasteiger partial charge is 0.293 e. The lowest BCUT2D eigenvalue weighted by atomic mass is 9.81. The molecule has 1 saturated carbocycles. The molecule has 1 amide bonds. The lowest BCUT2D eigenvalue weighted by Crippen LogP contribution is -2.53. The molecule has 0 aromatic heterocycles. The third kappa shape index (κ3) is 2.64. The van der Waals surface area contributed by atoms with E-state index in [0.717, 1.165) is 25.7 Å². The van der Waals surface area contributed by atoms with Gasteiger partial charge < -0.3 is 9.64 Å². The first-order chi connectivity index (χ1) is 9.52. The average Bonchev–Trinajstić information content (AvgIpc) is 2.96. The first-order valence-corrected chi connectivity index (χ1v) is 7.43. The molecule has 1 aliphatic carbocycles. The molecule has 0 aromatic carbocycles. The second kappa shape index (κ2) is 6.04. The predicted octanol–water partition coefficient (Wildman–Crippen LogP) is 1.48. The molecule has 0 unspecified atom stereocenters. The van der Waals surface area contributed by atoms with E-state index in [1.54, 1.807) is 0 Å². The Morgan fingerprint density at radius 3 is 2.30 bits per heavy atom. The zero-order valence-electron chi connectivity index (χ0n) is 12.3. The summed E-state index contributed by atoms with van der Waals surface area (Å²) in [7, 11) is 1.50. The maximum atomic E-state index is 12.6. The van der Waals surface area contributed by atoms with Crippen LogP contribution in [0.4, 0.5) is 0 Å². The van der Waals surface area contributed by atoms with Crippen molar-refractivity contribution in [2.75, 3.05) is 13.7 Å². The molecule has 1 heterocycles. The van der Waals surface area contributed by atoms with Gasteiger partial charge in [-0.05, 0) is 32.6 Å². The van der Waals surface area contributed by atoms with Crippen LogP contribution in [0.15, 0.2) is 0 Å². The predicted molar refractivity (Wildman–Crippen MR) is 73.2 cm³/mol. The molecule has 2 aliphatic rings. The maximum absolute atomic E-state index is 12.6. The molecule has 5 nitrogen and oxygen atoms in total. The van der Waals surface area contributed by atoms with Crippen LogP contribution in [0.5, 0.6) is 0 Å². The molecule has 1 saturated heterocycles. The molecule has 1 atom stereocenters. The number of rotatable bonds is 4. The number of hydrogen-bond donors (Lipinski definition) is 0. The monoisotopic (exact) mass is 281 g/mol. The number of methoxy groups -OCH3 is 1. The van der Waals surface area contributed by atoms with Crippen LogP contribution >= 0.6 is 0 Å².